The summed E-state index contributed by atoms with van der Waals surface area (Å²) in [4.78, 5) is 10.8. The molecule has 13 heavy (non-hydrogen) atoms. The molecular formula is C8H7Cl2NO2. The summed E-state index contributed by atoms with van der Waals surface area (Å²) >= 11 is 11.4. The van der Waals surface area contributed by atoms with Crippen molar-refractivity contribution in [3.63, 3.8) is 0 Å². The maximum absolute atomic E-state index is 10.8. The van der Waals surface area contributed by atoms with E-state index in [0.717, 1.165) is 0 Å². The molecule has 1 aromatic rings. The van der Waals surface area contributed by atoms with Crippen molar-refractivity contribution in [1.29, 1.82) is 0 Å². The molecule has 1 rings (SSSR count). The lowest BCUT2D eigenvalue weighted by molar-refractivity contribution is -0.118. The van der Waals surface area contributed by atoms with Crippen LogP contribution in [0.2, 0.25) is 10.0 Å². The highest BCUT2D eigenvalue weighted by Gasteiger charge is 2.01. The normalized spacial score (nSPS) is 9.77. The molecule has 0 fully saturated rings. The van der Waals surface area contributed by atoms with Crippen molar-refractivity contribution in [2.45, 2.75) is 0 Å². The Morgan fingerprint density at radius 2 is 1.85 bits per heavy atom. The smallest absolute Gasteiger partial charge is 0.250 e. The lowest BCUT2D eigenvalue weighted by atomic mass is 10.3. The van der Waals surface area contributed by atoms with Crippen molar-refractivity contribution in [2.24, 2.45) is 0 Å². The summed E-state index contributed by atoms with van der Waals surface area (Å²) < 4.78 is 0. The van der Waals surface area contributed by atoms with Crippen molar-refractivity contribution in [2.75, 3.05) is 11.9 Å². The Balaban J connectivity index is 2.83. The first-order valence-electron chi connectivity index (χ1n) is 3.48. The lowest BCUT2D eigenvalue weighted by Gasteiger charge is -2.03. The third kappa shape index (κ3) is 3.22. The molecule has 3 nitrogen and oxygen atoms in total. The number of anilines is 1. The summed E-state index contributed by atoms with van der Waals surface area (Å²) in [5, 5.41) is 11.7. The molecule has 0 unspecified atom stereocenters. The second-order valence-electron chi connectivity index (χ2n) is 2.36. The van der Waals surface area contributed by atoms with Gasteiger partial charge < -0.3 is 10.4 Å². The molecule has 70 valence electrons. The van der Waals surface area contributed by atoms with Gasteiger partial charge in [0.15, 0.2) is 0 Å². The predicted molar refractivity (Wildman–Crippen MR) is 52.2 cm³/mol. The van der Waals surface area contributed by atoms with Crippen LogP contribution in [-0.4, -0.2) is 17.6 Å². The van der Waals surface area contributed by atoms with Crippen LogP contribution in [0.4, 0.5) is 5.69 Å². The molecule has 0 spiro atoms. The summed E-state index contributed by atoms with van der Waals surface area (Å²) in [5.41, 5.74) is 0.469. The summed E-state index contributed by atoms with van der Waals surface area (Å²) in [6, 6.07) is 4.64. The number of aliphatic hydroxyl groups excluding tert-OH is 1. The van der Waals surface area contributed by atoms with Gasteiger partial charge in [-0.3, -0.25) is 4.79 Å². The van der Waals surface area contributed by atoms with Crippen molar-refractivity contribution >= 4 is 34.8 Å². The minimum atomic E-state index is -0.565. The Kier molecular flexibility index (Phi) is 3.54. The molecule has 0 atom stereocenters. The Labute approximate surface area is 85.3 Å². The van der Waals surface area contributed by atoms with E-state index in [1.54, 1.807) is 18.2 Å². The second kappa shape index (κ2) is 4.46. The van der Waals surface area contributed by atoms with E-state index in [1.807, 2.05) is 0 Å². The number of rotatable bonds is 2. The first kappa shape index (κ1) is 10.3. The summed E-state index contributed by atoms with van der Waals surface area (Å²) in [5.74, 6) is -0.502. The molecule has 0 radical (unpaired) electrons. The van der Waals surface area contributed by atoms with Crippen LogP contribution in [-0.2, 0) is 4.79 Å². The standard InChI is InChI=1S/C8H7Cl2NO2/c9-5-1-6(10)3-7(2-5)11-8(13)4-12/h1-3,12H,4H2,(H,11,13). The predicted octanol–water partition coefficient (Wildman–Crippen LogP) is 1.92. The van der Waals surface area contributed by atoms with Gasteiger partial charge in [0.05, 0.1) is 0 Å². The van der Waals surface area contributed by atoms with E-state index in [-0.39, 0.29) is 0 Å². The number of halogens is 2. The van der Waals surface area contributed by atoms with Crippen LogP contribution in [0.5, 0.6) is 0 Å². The van der Waals surface area contributed by atoms with Crippen LogP contribution in [0.1, 0.15) is 0 Å². The molecule has 0 bridgehead atoms. The van der Waals surface area contributed by atoms with E-state index in [1.165, 1.54) is 0 Å². The molecule has 0 aromatic heterocycles. The first-order valence-corrected chi connectivity index (χ1v) is 4.24. The monoisotopic (exact) mass is 219 g/mol. The van der Waals surface area contributed by atoms with Gasteiger partial charge in [0.1, 0.15) is 6.61 Å². The van der Waals surface area contributed by atoms with Gasteiger partial charge in [-0.1, -0.05) is 23.2 Å². The van der Waals surface area contributed by atoms with Crippen molar-refractivity contribution in [3.05, 3.63) is 28.2 Å². The summed E-state index contributed by atoms with van der Waals surface area (Å²) in [6.07, 6.45) is 0. The van der Waals surface area contributed by atoms with Crippen LogP contribution in [0.25, 0.3) is 0 Å². The van der Waals surface area contributed by atoms with Gasteiger partial charge in [-0.05, 0) is 18.2 Å². The summed E-state index contributed by atoms with van der Waals surface area (Å²) in [7, 11) is 0. The largest absolute Gasteiger partial charge is 0.387 e. The fourth-order valence-electron chi connectivity index (χ4n) is 0.827. The fraction of sp³-hybridized carbons (Fsp3) is 0.125. The number of aliphatic hydroxyl groups is 1. The van der Waals surface area contributed by atoms with Crippen LogP contribution in [0.3, 0.4) is 0 Å². The Hall–Kier alpha value is -0.770. The van der Waals surface area contributed by atoms with Crippen molar-refractivity contribution in [3.8, 4) is 0 Å². The van der Waals surface area contributed by atoms with Gasteiger partial charge in [0.2, 0.25) is 5.91 Å². The molecule has 0 aliphatic heterocycles. The number of hydrogen-bond acceptors (Lipinski definition) is 2. The number of amides is 1. The second-order valence-corrected chi connectivity index (χ2v) is 3.24. The quantitative estimate of drug-likeness (QED) is 0.799. The SMILES string of the molecule is O=C(CO)Nc1cc(Cl)cc(Cl)c1. The zero-order chi connectivity index (χ0) is 9.84. The van der Waals surface area contributed by atoms with Gasteiger partial charge >= 0.3 is 0 Å². The van der Waals surface area contributed by atoms with Gasteiger partial charge in [0.25, 0.3) is 0 Å². The van der Waals surface area contributed by atoms with Crippen molar-refractivity contribution in [1.82, 2.24) is 0 Å². The minimum Gasteiger partial charge on any atom is -0.387 e. The molecular weight excluding hydrogens is 213 g/mol. The van der Waals surface area contributed by atoms with E-state index >= 15 is 0 Å². The molecule has 0 saturated heterocycles. The number of carbonyl (C=O) groups is 1. The average molecular weight is 220 g/mol. The highest BCUT2D eigenvalue weighted by molar-refractivity contribution is 6.35. The van der Waals surface area contributed by atoms with Gasteiger partial charge in [0, 0.05) is 15.7 Å². The third-order valence-corrected chi connectivity index (χ3v) is 1.73. The Morgan fingerprint density at radius 1 is 1.31 bits per heavy atom. The summed E-state index contributed by atoms with van der Waals surface area (Å²) in [6.45, 7) is -0.565. The topological polar surface area (TPSA) is 49.3 Å². The Morgan fingerprint density at radius 3 is 2.31 bits per heavy atom. The number of carbonyl (C=O) groups excluding carboxylic acids is 1. The molecule has 2 N–H and O–H groups in total. The van der Waals surface area contributed by atoms with E-state index in [0.29, 0.717) is 15.7 Å². The van der Waals surface area contributed by atoms with E-state index in [9.17, 15) is 4.79 Å². The Bertz CT molecular complexity index is 308. The highest BCUT2D eigenvalue weighted by atomic mass is 35.5. The fourth-order valence-corrected chi connectivity index (χ4v) is 1.35. The maximum Gasteiger partial charge on any atom is 0.250 e. The first-order chi connectivity index (χ1) is 6.11. The molecule has 1 amide bonds. The van der Waals surface area contributed by atoms with Crippen LogP contribution in [0.15, 0.2) is 18.2 Å². The van der Waals surface area contributed by atoms with Gasteiger partial charge in [-0.15, -0.1) is 0 Å². The zero-order valence-electron chi connectivity index (χ0n) is 6.55. The van der Waals surface area contributed by atoms with E-state index in [4.69, 9.17) is 28.3 Å². The zero-order valence-corrected chi connectivity index (χ0v) is 8.06. The third-order valence-electron chi connectivity index (χ3n) is 1.29. The molecule has 0 aliphatic rings. The molecule has 1 aromatic carbocycles. The number of nitrogens with one attached hydrogen (secondary N) is 1. The lowest BCUT2D eigenvalue weighted by Crippen LogP contribution is -2.15. The molecule has 0 saturated carbocycles. The van der Waals surface area contributed by atoms with Crippen LogP contribution >= 0.6 is 23.2 Å². The number of benzene rings is 1. The molecule has 0 aliphatic carbocycles. The van der Waals surface area contributed by atoms with E-state index in [2.05, 4.69) is 5.32 Å². The van der Waals surface area contributed by atoms with Gasteiger partial charge in [-0.2, -0.15) is 0 Å². The average Bonchev–Trinajstić information content (AvgIpc) is 2.02. The van der Waals surface area contributed by atoms with Crippen molar-refractivity contribution < 1.29 is 9.90 Å². The molecule has 0 heterocycles. The van der Waals surface area contributed by atoms with Crippen LogP contribution < -0.4 is 5.32 Å². The highest BCUT2D eigenvalue weighted by Crippen LogP contribution is 2.22. The van der Waals surface area contributed by atoms with E-state index < -0.39 is 12.5 Å². The maximum atomic E-state index is 10.8. The minimum absolute atomic E-state index is 0.431. The van der Waals surface area contributed by atoms with Gasteiger partial charge in [-0.25, -0.2) is 0 Å². The number of hydrogen-bond donors (Lipinski definition) is 2. The van der Waals surface area contributed by atoms with Crippen LogP contribution in [0, 0.1) is 0 Å². The molecule has 5 heteroatoms.